The summed E-state index contributed by atoms with van der Waals surface area (Å²) >= 11 is 0. The first-order chi connectivity index (χ1) is 11.8. The highest BCUT2D eigenvalue weighted by Crippen LogP contribution is 2.20. The lowest BCUT2D eigenvalue weighted by Crippen LogP contribution is -2.51. The van der Waals surface area contributed by atoms with E-state index in [-0.39, 0.29) is 30.4 Å². The normalized spacial score (nSPS) is 16.4. The van der Waals surface area contributed by atoms with Gasteiger partial charge in [-0.25, -0.2) is 8.42 Å². The van der Waals surface area contributed by atoms with Crippen LogP contribution in [0.15, 0.2) is 23.4 Å². The van der Waals surface area contributed by atoms with Gasteiger partial charge in [-0.3, -0.25) is 14.2 Å². The minimum Gasteiger partial charge on any atom is -0.338 e. The second-order valence-electron chi connectivity index (χ2n) is 6.16. The Morgan fingerprint density at radius 2 is 1.88 bits per heavy atom. The Bertz CT molecular complexity index is 877. The molecule has 9 nitrogen and oxygen atoms in total. The maximum atomic E-state index is 12.7. The molecule has 3 heterocycles. The first-order valence-electron chi connectivity index (χ1n) is 8.05. The van der Waals surface area contributed by atoms with Crippen LogP contribution < -0.4 is 0 Å². The van der Waals surface area contributed by atoms with E-state index < -0.39 is 10.0 Å². The van der Waals surface area contributed by atoms with Crippen molar-refractivity contribution in [3.8, 4) is 0 Å². The van der Waals surface area contributed by atoms with Crippen LogP contribution in [0.4, 0.5) is 0 Å². The number of hydrogen-bond acceptors (Lipinski definition) is 5. The fraction of sp³-hybridized carbons (Fsp3) is 0.533. The summed E-state index contributed by atoms with van der Waals surface area (Å²) in [4.78, 5) is 14.2. The molecular formula is C15H22N6O3S. The highest BCUT2D eigenvalue weighted by Gasteiger charge is 2.32. The second kappa shape index (κ2) is 6.60. The number of piperazine rings is 1. The summed E-state index contributed by atoms with van der Waals surface area (Å²) in [7, 11) is -1.87. The molecular weight excluding hydrogens is 344 g/mol. The summed E-state index contributed by atoms with van der Waals surface area (Å²) in [5.41, 5.74) is 1.46. The topological polar surface area (TPSA) is 93.3 Å². The Morgan fingerprint density at radius 3 is 2.40 bits per heavy atom. The van der Waals surface area contributed by atoms with Crippen LogP contribution in [0.2, 0.25) is 0 Å². The van der Waals surface area contributed by atoms with E-state index in [9.17, 15) is 13.2 Å². The van der Waals surface area contributed by atoms with Crippen molar-refractivity contribution in [2.75, 3.05) is 26.2 Å². The Morgan fingerprint density at radius 1 is 1.20 bits per heavy atom. The molecule has 0 saturated carbocycles. The molecule has 136 valence electrons. The van der Waals surface area contributed by atoms with Crippen LogP contribution in [-0.4, -0.2) is 69.3 Å². The predicted molar refractivity (Wildman–Crippen MR) is 90.2 cm³/mol. The first-order valence-corrected chi connectivity index (χ1v) is 9.49. The Hall–Kier alpha value is -2.20. The average Bonchev–Trinajstić information content (AvgIpc) is 3.14. The van der Waals surface area contributed by atoms with Crippen molar-refractivity contribution in [3.05, 3.63) is 29.8 Å². The van der Waals surface area contributed by atoms with Crippen LogP contribution in [0.1, 0.15) is 11.4 Å². The van der Waals surface area contributed by atoms with Gasteiger partial charge in [-0.1, -0.05) is 0 Å². The van der Waals surface area contributed by atoms with E-state index >= 15 is 0 Å². The second-order valence-corrected chi connectivity index (χ2v) is 8.06. The van der Waals surface area contributed by atoms with Crippen molar-refractivity contribution in [1.29, 1.82) is 0 Å². The highest BCUT2D eigenvalue weighted by atomic mass is 32.2. The molecule has 0 aliphatic carbocycles. The van der Waals surface area contributed by atoms with E-state index in [1.54, 1.807) is 34.4 Å². The molecule has 0 radical (unpaired) electrons. The van der Waals surface area contributed by atoms with Crippen LogP contribution in [0.3, 0.4) is 0 Å². The van der Waals surface area contributed by atoms with Crippen molar-refractivity contribution in [2.45, 2.75) is 25.3 Å². The maximum absolute atomic E-state index is 12.7. The van der Waals surface area contributed by atoms with Crippen molar-refractivity contribution in [1.82, 2.24) is 28.8 Å². The molecule has 2 aromatic heterocycles. The van der Waals surface area contributed by atoms with Crippen molar-refractivity contribution in [3.63, 3.8) is 0 Å². The summed E-state index contributed by atoms with van der Waals surface area (Å²) in [6.07, 6.45) is 3.14. The molecule has 1 aliphatic heterocycles. The molecule has 10 heteroatoms. The van der Waals surface area contributed by atoms with Gasteiger partial charge >= 0.3 is 0 Å². The molecule has 25 heavy (non-hydrogen) atoms. The summed E-state index contributed by atoms with van der Waals surface area (Å²) in [5, 5.41) is 8.21. The first kappa shape index (κ1) is 17.6. The van der Waals surface area contributed by atoms with Crippen LogP contribution >= 0.6 is 0 Å². The minimum absolute atomic E-state index is 0.0577. The lowest BCUT2D eigenvalue weighted by atomic mass is 10.3. The summed E-state index contributed by atoms with van der Waals surface area (Å²) < 4.78 is 30.0. The number of nitrogens with zero attached hydrogens (tertiary/aromatic N) is 6. The van der Waals surface area contributed by atoms with Crippen LogP contribution in [0.25, 0.3) is 0 Å². The smallest absolute Gasteiger partial charge is 0.246 e. The molecule has 0 bridgehead atoms. The summed E-state index contributed by atoms with van der Waals surface area (Å²) in [6.45, 7) is 5.06. The van der Waals surface area contributed by atoms with E-state index in [0.29, 0.717) is 18.8 Å². The molecule has 0 atom stereocenters. The van der Waals surface area contributed by atoms with Crippen LogP contribution in [0, 0.1) is 13.8 Å². The van der Waals surface area contributed by atoms with E-state index in [2.05, 4.69) is 10.2 Å². The fourth-order valence-electron chi connectivity index (χ4n) is 2.84. The third-order valence-corrected chi connectivity index (χ3v) is 6.47. The van der Waals surface area contributed by atoms with Crippen molar-refractivity contribution < 1.29 is 13.2 Å². The lowest BCUT2D eigenvalue weighted by molar-refractivity contribution is -0.133. The predicted octanol–water partition coefficient (Wildman–Crippen LogP) is -0.233. The van der Waals surface area contributed by atoms with E-state index in [1.807, 2.05) is 13.0 Å². The number of hydrogen-bond donors (Lipinski definition) is 0. The Kier molecular flexibility index (Phi) is 4.65. The monoisotopic (exact) mass is 366 g/mol. The number of carbonyl (C=O) groups excluding carboxylic acids is 1. The maximum Gasteiger partial charge on any atom is 0.246 e. The molecule has 0 N–H and O–H groups in total. The molecule has 1 aliphatic rings. The number of amides is 1. The molecule has 3 rings (SSSR count). The third-order valence-electron chi connectivity index (χ3n) is 4.47. The van der Waals surface area contributed by atoms with Gasteiger partial charge in [0.15, 0.2) is 0 Å². The Labute approximate surface area is 146 Å². The zero-order valence-electron chi connectivity index (χ0n) is 14.6. The van der Waals surface area contributed by atoms with E-state index in [4.69, 9.17) is 0 Å². The van der Waals surface area contributed by atoms with Gasteiger partial charge in [-0.15, -0.1) is 0 Å². The molecule has 1 amide bonds. The largest absolute Gasteiger partial charge is 0.338 e. The van der Waals surface area contributed by atoms with E-state index in [0.717, 1.165) is 5.69 Å². The Balaban J connectivity index is 1.63. The highest BCUT2D eigenvalue weighted by molar-refractivity contribution is 7.89. The van der Waals surface area contributed by atoms with Gasteiger partial charge in [0, 0.05) is 39.4 Å². The summed E-state index contributed by atoms with van der Waals surface area (Å²) in [6, 6.07) is 1.84. The zero-order valence-corrected chi connectivity index (χ0v) is 15.4. The minimum atomic E-state index is -3.58. The number of aryl methyl sites for hydroxylation is 2. The van der Waals surface area contributed by atoms with Crippen molar-refractivity contribution in [2.24, 2.45) is 7.05 Å². The number of carbonyl (C=O) groups is 1. The van der Waals surface area contributed by atoms with Gasteiger partial charge in [0.1, 0.15) is 11.4 Å². The average molecular weight is 366 g/mol. The van der Waals surface area contributed by atoms with Crippen LogP contribution in [0.5, 0.6) is 0 Å². The van der Waals surface area contributed by atoms with Crippen LogP contribution in [-0.2, 0) is 28.4 Å². The third kappa shape index (κ3) is 3.45. The zero-order chi connectivity index (χ0) is 18.2. The number of sulfonamides is 1. The van der Waals surface area contributed by atoms with Crippen molar-refractivity contribution >= 4 is 15.9 Å². The van der Waals surface area contributed by atoms with Gasteiger partial charge in [0.05, 0.1) is 17.6 Å². The van der Waals surface area contributed by atoms with Gasteiger partial charge in [-0.2, -0.15) is 14.5 Å². The van der Waals surface area contributed by atoms with E-state index in [1.165, 1.54) is 10.5 Å². The number of aromatic nitrogens is 4. The van der Waals surface area contributed by atoms with Gasteiger partial charge in [0.2, 0.25) is 15.9 Å². The molecule has 1 saturated heterocycles. The number of rotatable bonds is 4. The fourth-order valence-corrected chi connectivity index (χ4v) is 4.45. The molecule has 0 spiro atoms. The quantitative estimate of drug-likeness (QED) is 0.745. The molecule has 0 unspecified atom stereocenters. The molecule has 2 aromatic rings. The molecule has 1 fully saturated rings. The van der Waals surface area contributed by atoms with Gasteiger partial charge in [0.25, 0.3) is 0 Å². The lowest BCUT2D eigenvalue weighted by Gasteiger charge is -2.33. The standard InChI is InChI=1S/C15H22N6O3S/c1-12-4-5-20(17-12)11-15(22)19-6-8-21(9-7-19)25(23,24)14-10-16-18(3)13(14)2/h4-5,10H,6-9,11H2,1-3H3. The SMILES string of the molecule is Cc1ccn(CC(=O)N2CCN(S(=O)(=O)c3cnn(C)c3C)CC2)n1. The molecule has 0 aromatic carbocycles. The van der Waals surface area contributed by atoms with Gasteiger partial charge < -0.3 is 4.90 Å². The summed E-state index contributed by atoms with van der Waals surface area (Å²) in [5.74, 6) is -0.0577. The van der Waals surface area contributed by atoms with Gasteiger partial charge in [-0.05, 0) is 19.9 Å².